The van der Waals surface area contributed by atoms with Crippen LogP contribution in [-0.2, 0) is 16.0 Å². The summed E-state index contributed by atoms with van der Waals surface area (Å²) in [4.78, 5) is 24.5. The van der Waals surface area contributed by atoms with Crippen LogP contribution in [0.3, 0.4) is 0 Å². The number of carbonyl (C=O) groups excluding carboxylic acids is 2. The Morgan fingerprint density at radius 3 is 2.68 bits per heavy atom. The lowest BCUT2D eigenvalue weighted by molar-refractivity contribution is -0.124. The third kappa shape index (κ3) is 5.34. The van der Waals surface area contributed by atoms with Crippen molar-refractivity contribution in [3.63, 3.8) is 0 Å². The third-order valence-corrected chi connectivity index (χ3v) is 8.92. The van der Waals surface area contributed by atoms with Crippen molar-refractivity contribution in [2.45, 2.75) is 70.1 Å². The summed E-state index contributed by atoms with van der Waals surface area (Å²) in [6.45, 7) is 3.65. The van der Waals surface area contributed by atoms with E-state index in [4.69, 9.17) is 5.73 Å². The number of hydrogen-bond acceptors (Lipinski definition) is 7. The molecule has 200 valence electrons. The summed E-state index contributed by atoms with van der Waals surface area (Å²) in [5, 5.41) is 37.4. The van der Waals surface area contributed by atoms with E-state index in [0.717, 1.165) is 17.6 Å². The maximum Gasteiger partial charge on any atom is 0.257 e. The summed E-state index contributed by atoms with van der Waals surface area (Å²) in [5.41, 5.74) is 9.05. The zero-order valence-corrected chi connectivity index (χ0v) is 21.6. The lowest BCUT2D eigenvalue weighted by Crippen LogP contribution is -2.55. The van der Waals surface area contributed by atoms with Crippen LogP contribution in [0.15, 0.2) is 59.2 Å². The fraction of sp³-hybridized carbons (Fsp3) is 0.552. The van der Waals surface area contributed by atoms with Crippen LogP contribution in [0.4, 0.5) is 0 Å². The van der Waals surface area contributed by atoms with Crippen molar-refractivity contribution in [3.05, 3.63) is 59.7 Å². The lowest BCUT2D eigenvalue weighted by atomic mass is 9.57. The van der Waals surface area contributed by atoms with Gasteiger partial charge in [0.25, 0.3) is 5.91 Å². The van der Waals surface area contributed by atoms with Crippen molar-refractivity contribution in [1.29, 1.82) is 0 Å². The first-order chi connectivity index (χ1) is 17.6. The molecule has 6 unspecified atom stereocenters. The lowest BCUT2D eigenvalue weighted by Gasteiger charge is -2.50. The largest absolute Gasteiger partial charge is 0.393 e. The Hall–Kier alpha value is -2.65. The van der Waals surface area contributed by atoms with Gasteiger partial charge in [-0.05, 0) is 61.7 Å². The van der Waals surface area contributed by atoms with Crippen LogP contribution in [-0.4, -0.2) is 57.1 Å². The van der Waals surface area contributed by atoms with Crippen LogP contribution in [0.2, 0.25) is 0 Å². The molecule has 1 amide bonds. The van der Waals surface area contributed by atoms with Gasteiger partial charge < -0.3 is 21.1 Å². The third-order valence-electron chi connectivity index (χ3n) is 8.92. The molecule has 7 atom stereocenters. The summed E-state index contributed by atoms with van der Waals surface area (Å²) >= 11 is 0. The molecule has 8 nitrogen and oxygen atoms in total. The average Bonchev–Trinajstić information content (AvgIpc) is 3.21. The predicted octanol–water partition coefficient (Wildman–Crippen LogP) is 2.03. The second-order valence-corrected chi connectivity index (χ2v) is 11.0. The average molecular weight is 510 g/mol. The predicted molar refractivity (Wildman–Crippen MR) is 141 cm³/mol. The number of carbonyl (C=O) groups is 2. The van der Waals surface area contributed by atoms with Crippen molar-refractivity contribution in [2.24, 2.45) is 34.0 Å². The fourth-order valence-corrected chi connectivity index (χ4v) is 6.80. The van der Waals surface area contributed by atoms with Gasteiger partial charge in [0.05, 0.1) is 30.1 Å². The van der Waals surface area contributed by atoms with Crippen LogP contribution < -0.4 is 11.2 Å². The number of allylic oxidation sites excluding steroid dienone is 4. The minimum Gasteiger partial charge on any atom is -0.393 e. The molecular formula is C29H39N3O5. The van der Waals surface area contributed by atoms with Gasteiger partial charge in [-0.15, -0.1) is 0 Å². The Kier molecular flexibility index (Phi) is 8.14. The normalized spacial score (nSPS) is 34.6. The van der Waals surface area contributed by atoms with Crippen LogP contribution in [0, 0.1) is 23.2 Å². The molecule has 0 radical (unpaired) electrons. The van der Waals surface area contributed by atoms with Gasteiger partial charge >= 0.3 is 0 Å². The maximum absolute atomic E-state index is 12.6. The molecule has 2 saturated carbocycles. The first-order valence-electron chi connectivity index (χ1n) is 13.2. The molecule has 2 fully saturated rings. The number of rotatable bonds is 8. The highest BCUT2D eigenvalue weighted by Gasteiger charge is 2.58. The fourth-order valence-electron chi connectivity index (χ4n) is 6.80. The number of nitrogens with one attached hydrogen (secondary N) is 1. The Labute approximate surface area is 218 Å². The Balaban J connectivity index is 1.47. The van der Waals surface area contributed by atoms with Gasteiger partial charge in [0.2, 0.25) is 0 Å². The highest BCUT2D eigenvalue weighted by atomic mass is 16.3. The van der Waals surface area contributed by atoms with Gasteiger partial charge in [-0.3, -0.25) is 9.59 Å². The van der Waals surface area contributed by atoms with E-state index in [1.165, 1.54) is 0 Å². The summed E-state index contributed by atoms with van der Waals surface area (Å²) in [5.74, 6) is -1.23. The molecule has 4 rings (SSSR count). The molecule has 3 aliphatic rings. The molecule has 0 aromatic heterocycles. The van der Waals surface area contributed by atoms with Crippen LogP contribution in [0.5, 0.6) is 0 Å². The molecule has 0 aliphatic heterocycles. The number of aliphatic hydroxyl groups excluding tert-OH is 2. The number of aliphatic hydroxyl groups is 3. The highest BCUT2D eigenvalue weighted by Crippen LogP contribution is 2.56. The molecule has 37 heavy (non-hydrogen) atoms. The summed E-state index contributed by atoms with van der Waals surface area (Å²) in [6, 6.07) is 8.64. The van der Waals surface area contributed by atoms with E-state index in [2.05, 4.69) is 17.5 Å². The topological polar surface area (TPSA) is 145 Å². The van der Waals surface area contributed by atoms with E-state index < -0.39 is 41.6 Å². The quantitative estimate of drug-likeness (QED) is 0.268. The maximum atomic E-state index is 12.6. The second-order valence-electron chi connectivity index (χ2n) is 11.0. The Morgan fingerprint density at radius 1 is 1.27 bits per heavy atom. The van der Waals surface area contributed by atoms with Gasteiger partial charge in [-0.2, -0.15) is 5.10 Å². The summed E-state index contributed by atoms with van der Waals surface area (Å²) in [6.07, 6.45) is 7.46. The van der Waals surface area contributed by atoms with E-state index in [1.54, 1.807) is 12.2 Å². The number of ketones is 1. The zero-order valence-electron chi connectivity index (χ0n) is 21.6. The molecule has 0 spiro atoms. The molecule has 1 aromatic carbocycles. The molecule has 1 aromatic rings. The first kappa shape index (κ1) is 27.4. The summed E-state index contributed by atoms with van der Waals surface area (Å²) < 4.78 is 0. The van der Waals surface area contributed by atoms with E-state index >= 15 is 0 Å². The van der Waals surface area contributed by atoms with Crippen molar-refractivity contribution in [3.8, 4) is 0 Å². The number of nitrogens with zero attached hydrogens (tertiary/aromatic N) is 1. The SMILES string of the molecule is CCC1=CC(=O)C=CC1(C)C1CC2CCC(/C(CO)=N\NC(=O)C(N)Cc3ccccc3)[C@@]2(O)CC1O. The number of amides is 1. The molecule has 8 heteroatoms. The van der Waals surface area contributed by atoms with Crippen LogP contribution >= 0.6 is 0 Å². The Morgan fingerprint density at radius 2 is 2.00 bits per heavy atom. The van der Waals surface area contributed by atoms with Gasteiger partial charge in [0.15, 0.2) is 5.78 Å². The molecule has 6 N–H and O–H groups in total. The van der Waals surface area contributed by atoms with E-state index in [0.29, 0.717) is 31.4 Å². The van der Waals surface area contributed by atoms with Crippen LogP contribution in [0.1, 0.15) is 51.5 Å². The smallest absolute Gasteiger partial charge is 0.257 e. The van der Waals surface area contributed by atoms with Crippen LogP contribution in [0.25, 0.3) is 0 Å². The highest BCUT2D eigenvalue weighted by molar-refractivity contribution is 6.01. The number of hydrazone groups is 1. The standard InChI is InChI=1S/C29H39N3O5/c1-3-19-14-21(34)11-12-28(19,2)23-15-20-9-10-22(29(20,37)16-26(23)35)25(17-33)31-32-27(36)24(30)13-18-7-5-4-6-8-18/h4-8,11-12,14,20,22-24,26,33,35,37H,3,9-10,13,15-17,30H2,1-2H3,(H,32,36)/b31-25-/t20?,22?,23?,24?,26?,28?,29-/m1/s1. The molecule has 0 saturated heterocycles. The monoisotopic (exact) mass is 509 g/mol. The van der Waals surface area contributed by atoms with Gasteiger partial charge in [0.1, 0.15) is 0 Å². The van der Waals surface area contributed by atoms with Crippen molar-refractivity contribution in [1.82, 2.24) is 5.43 Å². The van der Waals surface area contributed by atoms with Gasteiger partial charge in [0, 0.05) is 17.8 Å². The number of hydrogen-bond donors (Lipinski definition) is 5. The van der Waals surface area contributed by atoms with E-state index in [9.17, 15) is 24.9 Å². The molecule has 0 bridgehead atoms. The Bertz CT molecular complexity index is 1100. The van der Waals surface area contributed by atoms with Crippen molar-refractivity contribution < 1.29 is 24.9 Å². The molecular weight excluding hydrogens is 470 g/mol. The van der Waals surface area contributed by atoms with Crippen molar-refractivity contribution >= 4 is 17.4 Å². The van der Waals surface area contributed by atoms with Gasteiger partial charge in [-0.1, -0.05) is 55.8 Å². The first-order valence-corrected chi connectivity index (χ1v) is 13.2. The minimum atomic E-state index is -1.24. The number of nitrogens with two attached hydrogens (primary N) is 1. The zero-order chi connectivity index (χ0) is 26.8. The van der Waals surface area contributed by atoms with E-state index in [1.807, 2.05) is 43.3 Å². The number of benzene rings is 1. The van der Waals surface area contributed by atoms with E-state index in [-0.39, 0.29) is 24.0 Å². The van der Waals surface area contributed by atoms with Crippen molar-refractivity contribution in [2.75, 3.05) is 6.61 Å². The molecule has 0 heterocycles. The summed E-state index contributed by atoms with van der Waals surface area (Å²) in [7, 11) is 0. The minimum absolute atomic E-state index is 0.0357. The van der Waals surface area contributed by atoms with Gasteiger partial charge in [-0.25, -0.2) is 5.43 Å². The molecule has 3 aliphatic carbocycles. The number of fused-ring (bicyclic) bond motifs is 1. The second kappa shape index (κ2) is 11.0.